The quantitative estimate of drug-likeness (QED) is 0.142. The Morgan fingerprint density at radius 1 is 1.26 bits per heavy atom. The number of methoxy groups -OCH3 is 1. The van der Waals surface area contributed by atoms with Crippen LogP contribution in [0.25, 0.3) is 10.2 Å². The van der Waals surface area contributed by atoms with Crippen LogP contribution < -0.4 is 14.9 Å². The Labute approximate surface area is 218 Å². The summed E-state index contributed by atoms with van der Waals surface area (Å²) in [5.74, 6) is 0.483. The minimum absolute atomic E-state index is 0.226. The first-order chi connectivity index (χ1) is 16.9. The molecule has 180 valence electrons. The summed E-state index contributed by atoms with van der Waals surface area (Å²) >= 11 is 6.45. The molecule has 35 heavy (non-hydrogen) atoms. The van der Waals surface area contributed by atoms with Crippen molar-refractivity contribution < 1.29 is 18.7 Å². The Kier molecular flexibility index (Phi) is 8.37. The lowest BCUT2D eigenvalue weighted by molar-refractivity contribution is -0.120. The monoisotopic (exact) mass is 573 g/mol. The van der Waals surface area contributed by atoms with E-state index in [-0.39, 0.29) is 23.6 Å². The largest absolute Gasteiger partial charge is 0.493 e. The van der Waals surface area contributed by atoms with Gasteiger partial charge in [-0.05, 0) is 70.4 Å². The summed E-state index contributed by atoms with van der Waals surface area (Å²) in [6.45, 7) is 2.07. The number of rotatable bonds is 9. The molecule has 1 heterocycles. The normalized spacial score (nSPS) is 12.1. The highest BCUT2D eigenvalue weighted by Crippen LogP contribution is 2.37. The van der Waals surface area contributed by atoms with E-state index in [2.05, 4.69) is 31.4 Å². The van der Waals surface area contributed by atoms with Crippen molar-refractivity contribution in [2.24, 2.45) is 5.10 Å². The summed E-state index contributed by atoms with van der Waals surface area (Å²) in [5.41, 5.74) is 5.03. The molecule has 0 saturated heterocycles. The fourth-order valence-electron chi connectivity index (χ4n) is 3.06. The summed E-state index contributed by atoms with van der Waals surface area (Å²) in [6.07, 6.45) is 1.53. The van der Waals surface area contributed by atoms with Crippen molar-refractivity contribution in [1.82, 2.24) is 10.4 Å². The molecule has 0 fully saturated rings. The zero-order chi connectivity index (χ0) is 24.8. The number of nitrogens with one attached hydrogen (secondary N) is 1. The Hall–Kier alpha value is -2.95. The molecule has 0 saturated carbocycles. The summed E-state index contributed by atoms with van der Waals surface area (Å²) in [5, 5.41) is 3.72. The van der Waals surface area contributed by atoms with Crippen molar-refractivity contribution in [3.8, 4) is 11.5 Å². The highest BCUT2D eigenvalue weighted by molar-refractivity contribution is 9.10. The molecule has 0 spiro atoms. The van der Waals surface area contributed by atoms with Gasteiger partial charge in [0.15, 0.2) is 15.8 Å². The van der Waals surface area contributed by atoms with Crippen molar-refractivity contribution >= 4 is 61.4 Å². The molecular formula is C25H21BrFN3O3S2. The van der Waals surface area contributed by atoms with Crippen LogP contribution in [-0.4, -0.2) is 29.5 Å². The van der Waals surface area contributed by atoms with Gasteiger partial charge in [0.05, 0.1) is 33.3 Å². The lowest BCUT2D eigenvalue weighted by Gasteiger charge is -2.13. The minimum atomic E-state index is -0.365. The molecule has 1 N–H and O–H groups in total. The van der Waals surface area contributed by atoms with E-state index >= 15 is 0 Å². The molecule has 4 aromatic rings. The number of carbonyl (C=O) groups excluding carboxylic acids is 1. The summed E-state index contributed by atoms with van der Waals surface area (Å²) in [4.78, 5) is 17.0. The van der Waals surface area contributed by atoms with Crippen LogP contribution in [0, 0.1) is 5.82 Å². The van der Waals surface area contributed by atoms with Crippen molar-refractivity contribution in [1.29, 1.82) is 0 Å². The first-order valence-corrected chi connectivity index (χ1v) is 13.0. The number of thioether (sulfide) groups is 1. The second-order valence-corrected chi connectivity index (χ2v) is 10.9. The lowest BCUT2D eigenvalue weighted by Crippen LogP contribution is -2.26. The number of nitrogens with zero attached hydrogens (tertiary/aromatic N) is 2. The van der Waals surface area contributed by atoms with E-state index in [0.717, 1.165) is 20.1 Å². The van der Waals surface area contributed by atoms with E-state index in [0.29, 0.717) is 21.5 Å². The molecule has 0 bridgehead atoms. The number of benzene rings is 3. The number of thiazole rings is 1. The summed E-state index contributed by atoms with van der Waals surface area (Å²) in [6, 6.07) is 17.5. The van der Waals surface area contributed by atoms with Crippen molar-refractivity contribution in [2.45, 2.75) is 23.1 Å². The van der Waals surface area contributed by atoms with Gasteiger partial charge >= 0.3 is 0 Å². The fraction of sp³-hybridized carbons (Fsp3) is 0.160. The van der Waals surface area contributed by atoms with Gasteiger partial charge in [0.1, 0.15) is 12.4 Å². The highest BCUT2D eigenvalue weighted by Gasteiger charge is 2.17. The van der Waals surface area contributed by atoms with E-state index in [1.54, 1.807) is 35.6 Å². The molecule has 6 nitrogen and oxygen atoms in total. The minimum Gasteiger partial charge on any atom is -0.493 e. The zero-order valence-corrected chi connectivity index (χ0v) is 22.0. The molecule has 0 aliphatic carbocycles. The molecule has 1 atom stereocenters. The lowest BCUT2D eigenvalue weighted by atomic mass is 10.2. The zero-order valence-electron chi connectivity index (χ0n) is 18.8. The molecule has 0 aliphatic rings. The Morgan fingerprint density at radius 3 is 2.77 bits per heavy atom. The van der Waals surface area contributed by atoms with Crippen LogP contribution in [0.3, 0.4) is 0 Å². The number of hydrazone groups is 1. The number of para-hydroxylation sites is 1. The molecule has 10 heteroatoms. The second-order valence-electron chi connectivity index (χ2n) is 7.39. The second kappa shape index (κ2) is 11.7. The van der Waals surface area contributed by atoms with Gasteiger partial charge in [-0.3, -0.25) is 4.79 Å². The third kappa shape index (κ3) is 6.59. The number of amides is 1. The third-order valence-corrected chi connectivity index (χ3v) is 7.68. The van der Waals surface area contributed by atoms with Gasteiger partial charge in [0.2, 0.25) is 0 Å². The van der Waals surface area contributed by atoms with Crippen LogP contribution in [0.2, 0.25) is 0 Å². The Morgan fingerprint density at radius 2 is 2.03 bits per heavy atom. The van der Waals surface area contributed by atoms with Crippen molar-refractivity contribution in [3.63, 3.8) is 0 Å². The number of fused-ring (bicyclic) bond motifs is 1. The van der Waals surface area contributed by atoms with E-state index in [1.807, 2.05) is 31.2 Å². The molecule has 3 aromatic carbocycles. The number of ether oxygens (including phenoxy) is 2. The molecule has 0 aliphatic heterocycles. The highest BCUT2D eigenvalue weighted by atomic mass is 79.9. The van der Waals surface area contributed by atoms with Crippen molar-refractivity contribution in [3.05, 3.63) is 82.1 Å². The number of carbonyl (C=O) groups is 1. The average molecular weight is 574 g/mol. The molecular weight excluding hydrogens is 553 g/mol. The van der Waals surface area contributed by atoms with Gasteiger partial charge in [-0.25, -0.2) is 14.8 Å². The molecule has 1 unspecified atom stereocenters. The smallest absolute Gasteiger partial charge is 0.253 e. The van der Waals surface area contributed by atoms with Crippen LogP contribution in [0.15, 0.2) is 74.6 Å². The average Bonchev–Trinajstić information content (AvgIpc) is 3.26. The van der Waals surface area contributed by atoms with Crippen LogP contribution in [-0.2, 0) is 11.4 Å². The van der Waals surface area contributed by atoms with Crippen LogP contribution >= 0.6 is 39.0 Å². The number of hydrogen-bond acceptors (Lipinski definition) is 7. The van der Waals surface area contributed by atoms with E-state index < -0.39 is 0 Å². The SMILES string of the molecule is COc1cc(C=NNC(=O)C(C)Sc2nc3ccccc3s2)cc(Br)c1OCc1ccc(F)cc1. The van der Waals surface area contributed by atoms with Gasteiger partial charge in [-0.2, -0.15) is 5.10 Å². The molecule has 1 aromatic heterocycles. The molecule has 4 rings (SSSR count). The van der Waals surface area contributed by atoms with Gasteiger partial charge < -0.3 is 9.47 Å². The number of hydrogen-bond donors (Lipinski definition) is 1. The van der Waals surface area contributed by atoms with Crippen LogP contribution in [0.1, 0.15) is 18.1 Å². The van der Waals surface area contributed by atoms with E-state index in [9.17, 15) is 9.18 Å². The van der Waals surface area contributed by atoms with Gasteiger partial charge in [0, 0.05) is 0 Å². The Bertz CT molecular complexity index is 1330. The predicted molar refractivity (Wildman–Crippen MR) is 142 cm³/mol. The maximum atomic E-state index is 13.1. The Balaban J connectivity index is 1.36. The first-order valence-electron chi connectivity index (χ1n) is 10.5. The van der Waals surface area contributed by atoms with E-state index in [1.165, 1.54) is 37.2 Å². The fourth-order valence-corrected chi connectivity index (χ4v) is 5.84. The van der Waals surface area contributed by atoms with Gasteiger partial charge in [-0.15, -0.1) is 11.3 Å². The van der Waals surface area contributed by atoms with Gasteiger partial charge in [0.25, 0.3) is 5.91 Å². The summed E-state index contributed by atoms with van der Waals surface area (Å²) in [7, 11) is 1.54. The maximum Gasteiger partial charge on any atom is 0.253 e. The van der Waals surface area contributed by atoms with E-state index in [4.69, 9.17) is 9.47 Å². The van der Waals surface area contributed by atoms with Crippen molar-refractivity contribution in [2.75, 3.05) is 7.11 Å². The van der Waals surface area contributed by atoms with Crippen LogP contribution in [0.4, 0.5) is 4.39 Å². The summed E-state index contributed by atoms with van der Waals surface area (Å²) < 4.78 is 27.0. The van der Waals surface area contributed by atoms with Gasteiger partial charge in [-0.1, -0.05) is 36.0 Å². The number of halogens is 2. The maximum absolute atomic E-state index is 13.1. The third-order valence-electron chi connectivity index (χ3n) is 4.86. The number of aromatic nitrogens is 1. The molecule has 0 radical (unpaired) electrons. The first kappa shape index (κ1) is 25.2. The molecule has 1 amide bonds. The predicted octanol–water partition coefficient (Wildman–Crippen LogP) is 6.42. The topological polar surface area (TPSA) is 72.8 Å². The van der Waals surface area contributed by atoms with Crippen LogP contribution in [0.5, 0.6) is 11.5 Å². The standard InChI is InChI=1S/C25H21BrFN3O3S2/c1-15(34-25-29-20-5-3-4-6-22(20)35-25)24(31)30-28-13-17-11-19(26)23(21(12-17)32-2)33-14-16-7-9-18(27)10-8-16/h3-13,15H,14H2,1-2H3,(H,30,31).